The number of hydrogen-bond acceptors (Lipinski definition) is 1. The molecule has 0 aliphatic rings. The molecular formula is C10H19FO. The van der Waals surface area contributed by atoms with Crippen LogP contribution in [0.5, 0.6) is 0 Å². The number of rotatable bonds is 7. The van der Waals surface area contributed by atoms with Crippen LogP contribution in [0, 0.1) is 0 Å². The van der Waals surface area contributed by atoms with Gasteiger partial charge in [0.05, 0.1) is 6.61 Å². The number of unbranched alkanes of at least 4 members (excludes halogenated alkanes) is 2. The van der Waals surface area contributed by atoms with Crippen molar-refractivity contribution in [2.75, 3.05) is 6.61 Å². The fourth-order valence-corrected chi connectivity index (χ4v) is 1.00. The lowest BCUT2D eigenvalue weighted by Gasteiger charge is -2.01. The van der Waals surface area contributed by atoms with Gasteiger partial charge in [-0.15, -0.1) is 0 Å². The van der Waals surface area contributed by atoms with Crippen LogP contribution in [0.15, 0.2) is 12.2 Å². The Morgan fingerprint density at radius 1 is 1.33 bits per heavy atom. The highest BCUT2D eigenvalue weighted by atomic mass is 19.1. The van der Waals surface area contributed by atoms with Gasteiger partial charge in [0.15, 0.2) is 0 Å². The molecule has 0 aliphatic heterocycles. The predicted molar refractivity (Wildman–Crippen MR) is 49.9 cm³/mol. The van der Waals surface area contributed by atoms with Crippen molar-refractivity contribution in [3.63, 3.8) is 0 Å². The van der Waals surface area contributed by atoms with Gasteiger partial charge in [0.25, 0.3) is 0 Å². The van der Waals surface area contributed by atoms with Crippen molar-refractivity contribution in [1.29, 1.82) is 0 Å². The number of allylic oxidation sites excluding steroid dienone is 2. The summed E-state index contributed by atoms with van der Waals surface area (Å²) in [6.07, 6.45) is 7.74. The van der Waals surface area contributed by atoms with Crippen molar-refractivity contribution in [2.24, 2.45) is 0 Å². The summed E-state index contributed by atoms with van der Waals surface area (Å²) in [5.41, 5.74) is 0. The lowest BCUT2D eigenvalue weighted by Crippen LogP contribution is -2.04. The Hall–Kier alpha value is -0.370. The Morgan fingerprint density at radius 2 is 2.08 bits per heavy atom. The minimum atomic E-state index is -1.01. The van der Waals surface area contributed by atoms with E-state index < -0.39 is 6.17 Å². The second kappa shape index (κ2) is 8.72. The monoisotopic (exact) mass is 174 g/mol. The maximum atomic E-state index is 12.4. The van der Waals surface area contributed by atoms with Crippen LogP contribution in [0.3, 0.4) is 0 Å². The third-order valence-corrected chi connectivity index (χ3v) is 1.74. The lowest BCUT2D eigenvalue weighted by molar-refractivity contribution is 0.167. The first kappa shape index (κ1) is 11.6. The number of halogens is 1. The van der Waals surface area contributed by atoms with Crippen molar-refractivity contribution in [2.45, 2.75) is 45.2 Å². The molecule has 0 amide bonds. The zero-order valence-electron chi connectivity index (χ0n) is 7.80. The van der Waals surface area contributed by atoms with Crippen LogP contribution >= 0.6 is 0 Å². The van der Waals surface area contributed by atoms with Crippen molar-refractivity contribution < 1.29 is 9.50 Å². The van der Waals surface area contributed by atoms with Crippen LogP contribution in [-0.2, 0) is 0 Å². The van der Waals surface area contributed by atoms with Crippen LogP contribution in [0.1, 0.15) is 39.0 Å². The van der Waals surface area contributed by atoms with E-state index in [1.807, 2.05) is 0 Å². The van der Waals surface area contributed by atoms with E-state index in [1.165, 1.54) is 0 Å². The third kappa shape index (κ3) is 7.73. The van der Waals surface area contributed by atoms with Gasteiger partial charge in [-0.2, -0.15) is 0 Å². The lowest BCUT2D eigenvalue weighted by atomic mass is 10.1. The van der Waals surface area contributed by atoms with Crippen LogP contribution in [0.25, 0.3) is 0 Å². The third-order valence-electron chi connectivity index (χ3n) is 1.74. The van der Waals surface area contributed by atoms with E-state index in [-0.39, 0.29) is 6.61 Å². The number of alkyl halides is 1. The number of hydrogen-bond donors (Lipinski definition) is 1. The summed E-state index contributed by atoms with van der Waals surface area (Å²) in [4.78, 5) is 0. The van der Waals surface area contributed by atoms with Crippen LogP contribution in [0.4, 0.5) is 4.39 Å². The molecule has 0 aliphatic carbocycles. The topological polar surface area (TPSA) is 20.2 Å². The molecule has 0 aromatic carbocycles. The summed E-state index contributed by atoms with van der Waals surface area (Å²) in [6.45, 7) is 1.77. The number of aliphatic hydroxyl groups is 1. The summed E-state index contributed by atoms with van der Waals surface area (Å²) in [7, 11) is 0. The van der Waals surface area contributed by atoms with E-state index in [0.29, 0.717) is 6.42 Å². The van der Waals surface area contributed by atoms with Gasteiger partial charge in [0.2, 0.25) is 0 Å². The molecule has 0 unspecified atom stereocenters. The van der Waals surface area contributed by atoms with Gasteiger partial charge >= 0.3 is 0 Å². The molecular weight excluding hydrogens is 155 g/mol. The molecule has 1 atom stereocenters. The first-order valence-electron chi connectivity index (χ1n) is 4.71. The molecule has 0 aromatic heterocycles. The molecule has 0 saturated heterocycles. The molecule has 0 rings (SSSR count). The molecule has 72 valence electrons. The highest BCUT2D eigenvalue weighted by Crippen LogP contribution is 2.06. The van der Waals surface area contributed by atoms with Crippen molar-refractivity contribution in [3.8, 4) is 0 Å². The van der Waals surface area contributed by atoms with E-state index in [0.717, 1.165) is 25.7 Å². The van der Waals surface area contributed by atoms with Crippen LogP contribution in [-0.4, -0.2) is 17.9 Å². The summed E-state index contributed by atoms with van der Waals surface area (Å²) in [5.74, 6) is 0. The van der Waals surface area contributed by atoms with Crippen LogP contribution < -0.4 is 0 Å². The average molecular weight is 174 g/mol. The minimum absolute atomic E-state index is 0.329. The smallest absolute Gasteiger partial charge is 0.123 e. The second-order valence-corrected chi connectivity index (χ2v) is 2.94. The molecule has 0 heterocycles. The molecule has 0 spiro atoms. The Labute approximate surface area is 74.3 Å². The quantitative estimate of drug-likeness (QED) is 0.465. The molecule has 1 nitrogen and oxygen atoms in total. The first-order chi connectivity index (χ1) is 5.81. The van der Waals surface area contributed by atoms with Crippen molar-refractivity contribution in [3.05, 3.63) is 12.2 Å². The average Bonchev–Trinajstić information content (AvgIpc) is 2.10. The molecule has 0 fully saturated rings. The van der Waals surface area contributed by atoms with Crippen molar-refractivity contribution in [1.82, 2.24) is 0 Å². The molecule has 0 radical (unpaired) electrons. The number of aliphatic hydroxyl groups excluding tert-OH is 1. The predicted octanol–water partition coefficient (Wildman–Crippen LogP) is 2.84. The van der Waals surface area contributed by atoms with E-state index in [9.17, 15) is 4.39 Å². The van der Waals surface area contributed by atoms with Gasteiger partial charge in [-0.25, -0.2) is 4.39 Å². The van der Waals surface area contributed by atoms with E-state index in [2.05, 4.69) is 19.1 Å². The highest BCUT2D eigenvalue weighted by Gasteiger charge is 2.01. The van der Waals surface area contributed by atoms with Crippen LogP contribution in [0.2, 0.25) is 0 Å². The molecule has 12 heavy (non-hydrogen) atoms. The summed E-state index contributed by atoms with van der Waals surface area (Å²) < 4.78 is 12.4. The fourth-order valence-electron chi connectivity index (χ4n) is 1.00. The van der Waals surface area contributed by atoms with E-state index in [4.69, 9.17) is 5.11 Å². The SMILES string of the molecule is CC/C=C\CCCC[C@@H](F)CO. The van der Waals surface area contributed by atoms with Gasteiger partial charge in [0.1, 0.15) is 6.17 Å². The second-order valence-electron chi connectivity index (χ2n) is 2.94. The van der Waals surface area contributed by atoms with Gasteiger partial charge in [0, 0.05) is 0 Å². The van der Waals surface area contributed by atoms with E-state index in [1.54, 1.807) is 0 Å². The Bertz CT molecular complexity index is 112. The van der Waals surface area contributed by atoms with Gasteiger partial charge in [-0.05, 0) is 25.7 Å². The zero-order chi connectivity index (χ0) is 9.23. The molecule has 0 bridgehead atoms. The zero-order valence-corrected chi connectivity index (χ0v) is 7.80. The molecule has 2 heteroatoms. The standard InChI is InChI=1S/C10H19FO/c1-2-3-4-5-6-7-8-10(11)9-12/h3-4,10,12H,2,5-9H2,1H3/b4-3-/t10-/m1/s1. The van der Waals surface area contributed by atoms with Gasteiger partial charge in [-0.1, -0.05) is 25.5 Å². The summed E-state index contributed by atoms with van der Waals surface area (Å²) >= 11 is 0. The molecule has 1 N–H and O–H groups in total. The minimum Gasteiger partial charge on any atom is -0.393 e. The Morgan fingerprint density at radius 3 is 2.67 bits per heavy atom. The largest absolute Gasteiger partial charge is 0.393 e. The Kier molecular flexibility index (Phi) is 8.46. The molecule has 0 saturated carbocycles. The maximum absolute atomic E-state index is 12.4. The summed E-state index contributed by atoms with van der Waals surface area (Å²) in [5, 5.41) is 8.39. The van der Waals surface area contributed by atoms with Gasteiger partial charge < -0.3 is 5.11 Å². The maximum Gasteiger partial charge on any atom is 0.123 e. The van der Waals surface area contributed by atoms with Crippen molar-refractivity contribution >= 4 is 0 Å². The summed E-state index contributed by atoms with van der Waals surface area (Å²) in [6, 6.07) is 0. The fraction of sp³-hybridized carbons (Fsp3) is 0.800. The molecule has 0 aromatic rings. The Balaban J connectivity index is 3.05. The highest BCUT2D eigenvalue weighted by molar-refractivity contribution is 4.79. The normalized spacial score (nSPS) is 13.9. The van der Waals surface area contributed by atoms with Gasteiger partial charge in [-0.3, -0.25) is 0 Å². The van der Waals surface area contributed by atoms with E-state index >= 15 is 0 Å². The first-order valence-corrected chi connectivity index (χ1v) is 4.71.